The van der Waals surface area contributed by atoms with Gasteiger partial charge in [-0.25, -0.2) is 4.39 Å². The highest BCUT2D eigenvalue weighted by Crippen LogP contribution is 2.23. The zero-order valence-electron chi connectivity index (χ0n) is 11.4. The highest BCUT2D eigenvalue weighted by atomic mass is 19.1. The van der Waals surface area contributed by atoms with E-state index in [-0.39, 0.29) is 23.9 Å². The van der Waals surface area contributed by atoms with Crippen molar-refractivity contribution in [2.24, 2.45) is 11.7 Å². The Morgan fingerprint density at radius 3 is 2.89 bits per heavy atom. The smallest absolute Gasteiger partial charge is 0.127 e. The Balaban J connectivity index is 1.95. The summed E-state index contributed by atoms with van der Waals surface area (Å²) < 4.78 is 13.7. The van der Waals surface area contributed by atoms with Crippen LogP contribution in [0.1, 0.15) is 31.4 Å². The summed E-state index contributed by atoms with van der Waals surface area (Å²) in [5, 5.41) is 9.66. The fraction of sp³-hybridized carbons (Fsp3) is 0.600. The molecule has 4 heteroatoms. The highest BCUT2D eigenvalue weighted by Gasteiger charge is 2.23. The Morgan fingerprint density at radius 2 is 2.21 bits per heavy atom. The van der Waals surface area contributed by atoms with Gasteiger partial charge >= 0.3 is 0 Å². The topological polar surface area (TPSA) is 49.5 Å². The highest BCUT2D eigenvalue weighted by molar-refractivity contribution is 5.21. The number of halogens is 1. The lowest BCUT2D eigenvalue weighted by Gasteiger charge is -2.33. The number of hydrogen-bond donors (Lipinski definition) is 2. The molecule has 3 nitrogen and oxygen atoms in total. The minimum absolute atomic E-state index is 0.155. The van der Waals surface area contributed by atoms with E-state index >= 15 is 0 Å². The van der Waals surface area contributed by atoms with Crippen LogP contribution in [0.5, 0.6) is 0 Å². The molecule has 0 radical (unpaired) electrons. The number of β-amino-alcohol motifs (C(OH)–C–C–N with tert-alkyl or cyclic N) is 1. The second-order valence-electron chi connectivity index (χ2n) is 5.58. The van der Waals surface area contributed by atoms with Crippen molar-refractivity contribution in [2.75, 3.05) is 19.6 Å². The largest absolute Gasteiger partial charge is 0.392 e. The number of nitrogens with zero attached hydrogens (tertiary/aromatic N) is 1. The number of likely N-dealkylation sites (tertiary alicyclic amines) is 1. The van der Waals surface area contributed by atoms with Crippen LogP contribution in [0.25, 0.3) is 0 Å². The average molecular weight is 266 g/mol. The maximum atomic E-state index is 13.7. The fourth-order valence-electron chi connectivity index (χ4n) is 2.77. The lowest BCUT2D eigenvalue weighted by molar-refractivity contribution is 0.0611. The van der Waals surface area contributed by atoms with Gasteiger partial charge in [-0.15, -0.1) is 0 Å². The molecule has 1 aromatic rings. The van der Waals surface area contributed by atoms with Gasteiger partial charge in [0.25, 0.3) is 0 Å². The van der Waals surface area contributed by atoms with Crippen molar-refractivity contribution < 1.29 is 9.50 Å². The molecule has 0 amide bonds. The predicted molar refractivity (Wildman–Crippen MR) is 74.2 cm³/mol. The third-order valence-electron chi connectivity index (χ3n) is 3.90. The van der Waals surface area contributed by atoms with Crippen LogP contribution < -0.4 is 5.73 Å². The number of benzene rings is 1. The molecular weight excluding hydrogens is 243 g/mol. The summed E-state index contributed by atoms with van der Waals surface area (Å²) in [5.41, 5.74) is 6.74. The maximum Gasteiger partial charge on any atom is 0.127 e. The number of piperidine rings is 1. The first-order valence-corrected chi connectivity index (χ1v) is 6.98. The third-order valence-corrected chi connectivity index (χ3v) is 3.90. The average Bonchev–Trinajstić information content (AvgIpc) is 2.38. The summed E-state index contributed by atoms with van der Waals surface area (Å²) in [6, 6.07) is 6.39. The van der Waals surface area contributed by atoms with Crippen LogP contribution in [-0.4, -0.2) is 35.7 Å². The van der Waals surface area contributed by atoms with E-state index in [1.54, 1.807) is 12.1 Å². The van der Waals surface area contributed by atoms with Crippen LogP contribution in [-0.2, 0) is 0 Å². The molecule has 2 rings (SSSR count). The normalized spacial score (nSPS) is 24.1. The van der Waals surface area contributed by atoms with Crippen LogP contribution in [0.2, 0.25) is 0 Å². The summed E-state index contributed by atoms with van der Waals surface area (Å²) in [5.74, 6) is -0.0808. The maximum absolute atomic E-state index is 13.7. The summed E-state index contributed by atoms with van der Waals surface area (Å²) in [6.07, 6.45) is 1.67. The lowest BCUT2D eigenvalue weighted by atomic mass is 9.93. The van der Waals surface area contributed by atoms with Crippen molar-refractivity contribution in [1.29, 1.82) is 0 Å². The second kappa shape index (κ2) is 6.46. The molecule has 1 aliphatic heterocycles. The van der Waals surface area contributed by atoms with Gasteiger partial charge in [-0.05, 0) is 31.4 Å². The number of aliphatic hydroxyl groups excluding tert-OH is 1. The zero-order chi connectivity index (χ0) is 13.8. The van der Waals surface area contributed by atoms with Gasteiger partial charge in [0.15, 0.2) is 0 Å². The van der Waals surface area contributed by atoms with Crippen molar-refractivity contribution in [1.82, 2.24) is 4.90 Å². The van der Waals surface area contributed by atoms with Crippen LogP contribution >= 0.6 is 0 Å². The van der Waals surface area contributed by atoms with Crippen molar-refractivity contribution in [3.05, 3.63) is 35.6 Å². The first kappa shape index (κ1) is 14.4. The first-order chi connectivity index (χ1) is 9.08. The Bertz CT molecular complexity index is 413. The molecule has 1 fully saturated rings. The minimum Gasteiger partial charge on any atom is -0.392 e. The lowest BCUT2D eigenvalue weighted by Crippen LogP contribution is -2.42. The number of aliphatic hydroxyl groups is 1. The van der Waals surface area contributed by atoms with Gasteiger partial charge in [-0.1, -0.05) is 25.1 Å². The van der Waals surface area contributed by atoms with Crippen LogP contribution in [0, 0.1) is 11.7 Å². The van der Waals surface area contributed by atoms with E-state index < -0.39 is 0 Å². The monoisotopic (exact) mass is 266 g/mol. The Morgan fingerprint density at radius 1 is 1.47 bits per heavy atom. The SMILES string of the molecule is CC(CN1CCCC(O)C1)C(N)c1ccccc1F. The van der Waals surface area contributed by atoms with Gasteiger partial charge in [-0.2, -0.15) is 0 Å². The Kier molecular flexibility index (Phi) is 4.91. The van der Waals surface area contributed by atoms with Crippen molar-refractivity contribution >= 4 is 0 Å². The molecule has 0 spiro atoms. The van der Waals surface area contributed by atoms with E-state index in [2.05, 4.69) is 4.90 Å². The molecule has 3 atom stereocenters. The van der Waals surface area contributed by atoms with Gasteiger partial charge in [0.2, 0.25) is 0 Å². The van der Waals surface area contributed by atoms with Crippen LogP contribution in [0.15, 0.2) is 24.3 Å². The minimum atomic E-state index is -0.305. The van der Waals surface area contributed by atoms with E-state index in [4.69, 9.17) is 5.73 Å². The summed E-state index contributed by atoms with van der Waals surface area (Å²) in [4.78, 5) is 2.22. The standard InChI is InChI=1S/C15H23FN2O/c1-11(9-18-8-4-5-12(19)10-18)15(17)13-6-2-3-7-14(13)16/h2-3,6-7,11-12,15,19H,4-5,8-10,17H2,1H3. The van der Waals surface area contributed by atoms with E-state index in [9.17, 15) is 9.50 Å². The van der Waals surface area contributed by atoms with E-state index in [1.165, 1.54) is 6.07 Å². The second-order valence-corrected chi connectivity index (χ2v) is 5.58. The molecule has 0 saturated carbocycles. The van der Waals surface area contributed by atoms with Crippen molar-refractivity contribution in [2.45, 2.75) is 31.9 Å². The van der Waals surface area contributed by atoms with Crippen molar-refractivity contribution in [3.8, 4) is 0 Å². The summed E-state index contributed by atoms with van der Waals surface area (Å²) >= 11 is 0. The molecule has 1 heterocycles. The molecule has 0 aliphatic carbocycles. The van der Waals surface area contributed by atoms with Gasteiger partial charge in [0, 0.05) is 24.7 Å². The number of nitrogens with two attached hydrogens (primary N) is 1. The molecule has 106 valence electrons. The summed E-state index contributed by atoms with van der Waals surface area (Å²) in [7, 11) is 0. The van der Waals surface area contributed by atoms with E-state index in [0.717, 1.165) is 25.9 Å². The number of rotatable bonds is 4. The third kappa shape index (κ3) is 3.75. The fourth-order valence-corrected chi connectivity index (χ4v) is 2.77. The van der Waals surface area contributed by atoms with Crippen LogP contribution in [0.4, 0.5) is 4.39 Å². The van der Waals surface area contributed by atoms with Gasteiger partial charge in [0.1, 0.15) is 5.82 Å². The molecule has 1 aliphatic rings. The number of hydrogen-bond acceptors (Lipinski definition) is 3. The molecular formula is C15H23FN2O. The molecule has 3 N–H and O–H groups in total. The van der Waals surface area contributed by atoms with Gasteiger partial charge < -0.3 is 15.7 Å². The van der Waals surface area contributed by atoms with Gasteiger partial charge in [0.05, 0.1) is 6.10 Å². The molecule has 0 aromatic heterocycles. The summed E-state index contributed by atoms with van der Waals surface area (Å²) in [6.45, 7) is 4.53. The molecule has 0 bridgehead atoms. The zero-order valence-corrected chi connectivity index (χ0v) is 11.4. The predicted octanol–water partition coefficient (Wildman–Crippen LogP) is 1.92. The molecule has 19 heavy (non-hydrogen) atoms. The quantitative estimate of drug-likeness (QED) is 0.875. The Hall–Kier alpha value is -0.970. The molecule has 1 saturated heterocycles. The van der Waals surface area contributed by atoms with Crippen LogP contribution in [0.3, 0.4) is 0 Å². The molecule has 3 unspecified atom stereocenters. The van der Waals surface area contributed by atoms with Crippen molar-refractivity contribution in [3.63, 3.8) is 0 Å². The first-order valence-electron chi connectivity index (χ1n) is 6.98. The molecule has 1 aromatic carbocycles. The van der Waals surface area contributed by atoms with E-state index in [0.29, 0.717) is 12.1 Å². The Labute approximate surface area is 114 Å². The van der Waals surface area contributed by atoms with E-state index in [1.807, 2.05) is 13.0 Å². The van der Waals surface area contributed by atoms with Gasteiger partial charge in [-0.3, -0.25) is 0 Å².